The van der Waals surface area contributed by atoms with Crippen LogP contribution in [-0.2, 0) is 16.4 Å². The number of carbonyl (C=O) groups is 2. The molecule has 9 nitrogen and oxygen atoms in total. The van der Waals surface area contributed by atoms with E-state index >= 15 is 0 Å². The third kappa shape index (κ3) is 4.77. The van der Waals surface area contributed by atoms with Gasteiger partial charge >= 0.3 is 0 Å². The number of rotatable bonds is 7. The summed E-state index contributed by atoms with van der Waals surface area (Å²) in [5.41, 5.74) is 3.87. The first kappa shape index (κ1) is 25.1. The number of pyridine rings is 1. The third-order valence-corrected chi connectivity index (χ3v) is 8.18. The van der Waals surface area contributed by atoms with Crippen LogP contribution in [0.15, 0.2) is 35.4 Å². The maximum Gasteiger partial charge on any atom is 0.269 e. The highest BCUT2D eigenvalue weighted by Gasteiger charge is 2.40. The number of H-pyrrole nitrogens is 1. The van der Waals surface area contributed by atoms with Crippen LogP contribution in [-0.4, -0.2) is 58.4 Å². The number of hydrogen-bond acceptors (Lipinski definition) is 6. The number of aromatic amines is 1. The SMILES string of the molecule is Cc1nc(-c2cc(-c3cc4c(c(S(C)(=O)=O)c3)C(=O)N([C@@H](C)C3CC3)C4)ccn2)[nH]c1C(=O)NC(C)C. The topological polar surface area (TPSA) is 125 Å². The average Bonchev–Trinajstić information content (AvgIpc) is 3.53. The van der Waals surface area contributed by atoms with E-state index in [0.29, 0.717) is 40.9 Å². The molecule has 10 heteroatoms. The van der Waals surface area contributed by atoms with Crippen molar-refractivity contribution in [1.82, 2.24) is 25.2 Å². The molecule has 2 amide bonds. The van der Waals surface area contributed by atoms with E-state index in [2.05, 4.69) is 20.3 Å². The van der Waals surface area contributed by atoms with E-state index in [-0.39, 0.29) is 34.4 Å². The maximum atomic E-state index is 13.3. The summed E-state index contributed by atoms with van der Waals surface area (Å²) in [6, 6.07) is 7.13. The van der Waals surface area contributed by atoms with Gasteiger partial charge in [0, 0.05) is 31.1 Å². The van der Waals surface area contributed by atoms with Gasteiger partial charge in [-0.15, -0.1) is 0 Å². The summed E-state index contributed by atoms with van der Waals surface area (Å²) in [5.74, 6) is 0.465. The number of hydrogen-bond donors (Lipinski definition) is 2. The van der Waals surface area contributed by atoms with E-state index in [9.17, 15) is 18.0 Å². The minimum absolute atomic E-state index is 0.0148. The number of amides is 2. The molecule has 1 fully saturated rings. The standard InChI is InChI=1S/C27H31N5O4S/c1-14(2)29-26(33)24-15(3)30-25(31-24)21-11-18(8-9-28-21)19-10-20-13-32(16(4)17-6-7-17)27(34)23(20)22(12-19)37(5,35)36/h8-12,14,16-17H,6-7,13H2,1-5H3,(H,29,33)(H,30,31)/t16-/m0/s1. The first-order valence-corrected chi connectivity index (χ1v) is 14.4. The summed E-state index contributed by atoms with van der Waals surface area (Å²) in [6.07, 6.45) is 4.95. The number of benzene rings is 1. The van der Waals surface area contributed by atoms with Crippen molar-refractivity contribution in [2.45, 2.75) is 64.1 Å². The van der Waals surface area contributed by atoms with Crippen LogP contribution in [0.1, 0.15) is 65.7 Å². The molecular formula is C27H31N5O4S. The molecule has 1 aromatic carbocycles. The third-order valence-electron chi connectivity index (χ3n) is 7.06. The summed E-state index contributed by atoms with van der Waals surface area (Å²) in [6.45, 7) is 7.96. The van der Waals surface area contributed by atoms with Gasteiger partial charge < -0.3 is 15.2 Å². The lowest BCUT2D eigenvalue weighted by Gasteiger charge is -2.24. The average molecular weight is 522 g/mol. The highest BCUT2D eigenvalue weighted by atomic mass is 32.2. The van der Waals surface area contributed by atoms with Gasteiger partial charge in [-0.1, -0.05) is 0 Å². The Morgan fingerprint density at radius 2 is 1.89 bits per heavy atom. The second-order valence-corrected chi connectivity index (χ2v) is 12.4. The zero-order chi connectivity index (χ0) is 26.6. The Bertz CT molecular complexity index is 1520. The fraction of sp³-hybridized carbons (Fsp3) is 0.407. The highest BCUT2D eigenvalue weighted by molar-refractivity contribution is 7.90. The Morgan fingerprint density at radius 3 is 2.54 bits per heavy atom. The molecule has 1 aliphatic carbocycles. The van der Waals surface area contributed by atoms with Gasteiger partial charge in [-0.25, -0.2) is 13.4 Å². The molecule has 3 aromatic rings. The predicted octanol–water partition coefficient (Wildman–Crippen LogP) is 3.74. The molecule has 0 saturated heterocycles. The molecule has 1 atom stereocenters. The monoisotopic (exact) mass is 521 g/mol. The van der Waals surface area contributed by atoms with Crippen LogP contribution in [0, 0.1) is 12.8 Å². The van der Waals surface area contributed by atoms with Gasteiger partial charge in [-0.3, -0.25) is 14.6 Å². The van der Waals surface area contributed by atoms with Gasteiger partial charge in [-0.2, -0.15) is 0 Å². The van der Waals surface area contributed by atoms with Crippen LogP contribution in [0.4, 0.5) is 0 Å². The van der Waals surface area contributed by atoms with Gasteiger partial charge in [0.25, 0.3) is 11.8 Å². The Morgan fingerprint density at radius 1 is 1.16 bits per heavy atom. The van der Waals surface area contributed by atoms with Crippen LogP contribution >= 0.6 is 0 Å². The number of carbonyl (C=O) groups excluding carboxylic acids is 2. The molecule has 0 unspecified atom stereocenters. The maximum absolute atomic E-state index is 13.3. The van der Waals surface area contributed by atoms with Crippen molar-refractivity contribution in [3.8, 4) is 22.6 Å². The van der Waals surface area contributed by atoms with Gasteiger partial charge in [0.2, 0.25) is 0 Å². The van der Waals surface area contributed by atoms with Crippen molar-refractivity contribution < 1.29 is 18.0 Å². The zero-order valence-electron chi connectivity index (χ0n) is 21.6. The predicted molar refractivity (Wildman–Crippen MR) is 140 cm³/mol. The van der Waals surface area contributed by atoms with Crippen molar-refractivity contribution in [1.29, 1.82) is 0 Å². The van der Waals surface area contributed by atoms with E-state index in [1.165, 1.54) is 0 Å². The number of aryl methyl sites for hydroxylation is 1. The Kier molecular flexibility index (Phi) is 6.18. The molecule has 3 heterocycles. The Labute approximate surface area is 216 Å². The van der Waals surface area contributed by atoms with E-state index in [0.717, 1.165) is 30.2 Å². The highest BCUT2D eigenvalue weighted by Crippen LogP contribution is 2.41. The molecule has 2 aromatic heterocycles. The van der Waals surface area contributed by atoms with Crippen molar-refractivity contribution in [3.63, 3.8) is 0 Å². The molecule has 37 heavy (non-hydrogen) atoms. The van der Waals surface area contributed by atoms with Crippen molar-refractivity contribution >= 4 is 21.7 Å². The normalized spacial score (nSPS) is 16.3. The van der Waals surface area contributed by atoms with Crippen LogP contribution in [0.3, 0.4) is 0 Å². The second kappa shape index (κ2) is 9.09. The van der Waals surface area contributed by atoms with Crippen LogP contribution in [0.2, 0.25) is 0 Å². The van der Waals surface area contributed by atoms with E-state index < -0.39 is 9.84 Å². The van der Waals surface area contributed by atoms with Crippen LogP contribution < -0.4 is 5.32 Å². The second-order valence-electron chi connectivity index (χ2n) is 10.4. The summed E-state index contributed by atoms with van der Waals surface area (Å²) in [5, 5.41) is 2.85. The summed E-state index contributed by atoms with van der Waals surface area (Å²) in [4.78, 5) is 39.6. The first-order chi connectivity index (χ1) is 17.4. The first-order valence-electron chi connectivity index (χ1n) is 12.5. The molecule has 1 saturated carbocycles. The number of nitrogens with zero attached hydrogens (tertiary/aromatic N) is 3. The van der Waals surface area contributed by atoms with Gasteiger partial charge in [0.1, 0.15) is 11.4 Å². The number of nitrogens with one attached hydrogen (secondary N) is 2. The molecule has 5 rings (SSSR count). The quantitative estimate of drug-likeness (QED) is 0.488. The minimum Gasteiger partial charge on any atom is -0.349 e. The van der Waals surface area contributed by atoms with Crippen LogP contribution in [0.25, 0.3) is 22.6 Å². The Hall–Kier alpha value is -3.53. The number of sulfone groups is 1. The molecule has 1 aliphatic heterocycles. The molecule has 0 spiro atoms. The number of imidazole rings is 1. The van der Waals surface area contributed by atoms with E-state index in [1.807, 2.05) is 26.8 Å². The smallest absolute Gasteiger partial charge is 0.269 e. The lowest BCUT2D eigenvalue weighted by molar-refractivity contribution is 0.0694. The molecular weight excluding hydrogens is 490 g/mol. The number of aromatic nitrogens is 3. The molecule has 0 bridgehead atoms. The molecule has 2 aliphatic rings. The van der Waals surface area contributed by atoms with E-state index in [4.69, 9.17) is 0 Å². The van der Waals surface area contributed by atoms with Crippen molar-refractivity contribution in [2.24, 2.45) is 5.92 Å². The zero-order valence-corrected chi connectivity index (χ0v) is 22.4. The van der Waals surface area contributed by atoms with Crippen molar-refractivity contribution in [2.75, 3.05) is 6.26 Å². The summed E-state index contributed by atoms with van der Waals surface area (Å²) >= 11 is 0. The summed E-state index contributed by atoms with van der Waals surface area (Å²) < 4.78 is 25.6. The Balaban J connectivity index is 1.54. The molecule has 0 radical (unpaired) electrons. The van der Waals surface area contributed by atoms with E-state index in [1.54, 1.807) is 36.2 Å². The van der Waals surface area contributed by atoms with Crippen molar-refractivity contribution in [3.05, 3.63) is 53.0 Å². The molecule has 2 N–H and O–H groups in total. The fourth-order valence-corrected chi connectivity index (χ4v) is 5.87. The largest absolute Gasteiger partial charge is 0.349 e. The van der Waals surface area contributed by atoms with Gasteiger partial charge in [0.15, 0.2) is 15.7 Å². The number of fused-ring (bicyclic) bond motifs is 1. The minimum atomic E-state index is -3.66. The van der Waals surface area contributed by atoms with Gasteiger partial charge in [-0.05, 0) is 87.4 Å². The molecule has 194 valence electrons. The lowest BCUT2D eigenvalue weighted by atomic mass is 10.0. The lowest BCUT2D eigenvalue weighted by Crippen LogP contribution is -2.35. The van der Waals surface area contributed by atoms with Crippen LogP contribution in [0.5, 0.6) is 0 Å². The fourth-order valence-electron chi connectivity index (χ4n) is 4.94. The summed E-state index contributed by atoms with van der Waals surface area (Å²) in [7, 11) is -3.66. The van der Waals surface area contributed by atoms with Gasteiger partial charge in [0.05, 0.1) is 16.2 Å².